The van der Waals surface area contributed by atoms with Crippen molar-refractivity contribution in [3.05, 3.63) is 89.4 Å². The second-order valence-electron chi connectivity index (χ2n) is 8.28. The third kappa shape index (κ3) is 3.62. The Balaban J connectivity index is 1.43. The van der Waals surface area contributed by atoms with Crippen LogP contribution in [0, 0.1) is 0 Å². The van der Waals surface area contributed by atoms with E-state index in [9.17, 15) is 14.4 Å². The van der Waals surface area contributed by atoms with E-state index in [1.54, 1.807) is 12.3 Å². The van der Waals surface area contributed by atoms with Gasteiger partial charge in [-0.05, 0) is 35.4 Å². The van der Waals surface area contributed by atoms with Gasteiger partial charge in [-0.25, -0.2) is 9.78 Å². The summed E-state index contributed by atoms with van der Waals surface area (Å²) in [6.07, 6.45) is 0. The fraction of sp³-hybridized carbons (Fsp3) is 0.154. The van der Waals surface area contributed by atoms with Gasteiger partial charge in [0.05, 0.1) is 17.9 Å². The number of nitrogens with one attached hydrogen (secondary N) is 1. The first-order valence-electron chi connectivity index (χ1n) is 10.8. The number of thiazole rings is 1. The topological polar surface area (TPSA) is 82.6 Å². The van der Waals surface area contributed by atoms with Crippen molar-refractivity contribution in [1.82, 2.24) is 15.2 Å². The van der Waals surface area contributed by atoms with Crippen molar-refractivity contribution in [1.29, 1.82) is 0 Å². The molecule has 1 atom stereocenters. The lowest BCUT2D eigenvalue weighted by Crippen LogP contribution is -2.41. The van der Waals surface area contributed by atoms with Crippen LogP contribution in [0.15, 0.2) is 78.2 Å². The normalized spacial score (nSPS) is 17.8. The molecule has 8 heteroatoms. The molecule has 1 aliphatic rings. The van der Waals surface area contributed by atoms with Crippen molar-refractivity contribution >= 4 is 50.8 Å². The standard InChI is InChI=1S/C26H22N4O3S/c1-17(31)30(20-11-4-3-5-12-20)25-27-19(16-34-25)15-29-23(32)26(2,28-24(29)33)22-14-8-10-18-9-6-7-13-21(18)22/h3-14,16H,15H2,1-2H3,(H,28,33). The summed E-state index contributed by atoms with van der Waals surface area (Å²) in [4.78, 5) is 46.0. The molecule has 0 aliphatic carbocycles. The molecule has 170 valence electrons. The Bertz CT molecular complexity index is 1410. The Kier molecular flexibility index (Phi) is 5.37. The van der Waals surface area contributed by atoms with E-state index in [-0.39, 0.29) is 18.4 Å². The highest BCUT2D eigenvalue weighted by atomic mass is 32.1. The average Bonchev–Trinajstić information content (AvgIpc) is 3.38. The minimum Gasteiger partial charge on any atom is -0.319 e. The van der Waals surface area contributed by atoms with Crippen LogP contribution in [0.3, 0.4) is 0 Å². The number of para-hydroxylation sites is 1. The highest BCUT2D eigenvalue weighted by molar-refractivity contribution is 7.14. The quantitative estimate of drug-likeness (QED) is 0.419. The number of hydrogen-bond acceptors (Lipinski definition) is 5. The summed E-state index contributed by atoms with van der Waals surface area (Å²) in [6, 6.07) is 22.3. The summed E-state index contributed by atoms with van der Waals surface area (Å²) < 4.78 is 0. The van der Waals surface area contributed by atoms with Crippen molar-refractivity contribution in [2.75, 3.05) is 4.90 Å². The molecule has 1 aromatic heterocycles. The maximum atomic E-state index is 13.5. The van der Waals surface area contributed by atoms with E-state index in [0.717, 1.165) is 16.3 Å². The van der Waals surface area contributed by atoms with Crippen molar-refractivity contribution < 1.29 is 14.4 Å². The fourth-order valence-corrected chi connectivity index (χ4v) is 5.20. The van der Waals surface area contributed by atoms with Crippen LogP contribution in [0.5, 0.6) is 0 Å². The molecule has 3 aromatic carbocycles. The van der Waals surface area contributed by atoms with Crippen LogP contribution in [-0.2, 0) is 21.7 Å². The minimum atomic E-state index is -1.19. The Morgan fingerprint density at radius 1 is 1.03 bits per heavy atom. The Hall–Kier alpha value is -4.04. The predicted octanol–water partition coefficient (Wildman–Crippen LogP) is 4.95. The van der Waals surface area contributed by atoms with E-state index in [2.05, 4.69) is 10.3 Å². The number of imide groups is 1. The van der Waals surface area contributed by atoms with Gasteiger partial charge in [-0.1, -0.05) is 60.7 Å². The number of amides is 4. The molecular weight excluding hydrogens is 448 g/mol. The van der Waals surface area contributed by atoms with Crippen molar-refractivity contribution in [2.24, 2.45) is 0 Å². The van der Waals surface area contributed by atoms with Crippen LogP contribution in [0.2, 0.25) is 0 Å². The Morgan fingerprint density at radius 3 is 2.50 bits per heavy atom. The van der Waals surface area contributed by atoms with Crippen molar-refractivity contribution in [3.8, 4) is 0 Å². The van der Waals surface area contributed by atoms with Crippen LogP contribution in [0.25, 0.3) is 10.8 Å². The zero-order chi connectivity index (χ0) is 23.9. The van der Waals surface area contributed by atoms with E-state index in [1.165, 1.54) is 28.1 Å². The number of carbonyl (C=O) groups excluding carboxylic acids is 3. The lowest BCUT2D eigenvalue weighted by Gasteiger charge is -2.24. The zero-order valence-electron chi connectivity index (χ0n) is 18.7. The molecular formula is C26H22N4O3S. The van der Waals surface area contributed by atoms with Gasteiger partial charge in [-0.3, -0.25) is 19.4 Å². The predicted molar refractivity (Wildman–Crippen MR) is 132 cm³/mol. The second kappa shape index (κ2) is 8.39. The summed E-state index contributed by atoms with van der Waals surface area (Å²) in [5.41, 5.74) is 0.797. The molecule has 1 unspecified atom stereocenters. The molecule has 5 rings (SSSR count). The molecule has 1 saturated heterocycles. The van der Waals surface area contributed by atoms with Gasteiger partial charge >= 0.3 is 6.03 Å². The monoisotopic (exact) mass is 470 g/mol. The van der Waals surface area contributed by atoms with Gasteiger partial charge < -0.3 is 5.32 Å². The van der Waals surface area contributed by atoms with Gasteiger partial charge in [0, 0.05) is 12.3 Å². The molecule has 4 amide bonds. The Labute approximate surface area is 200 Å². The van der Waals surface area contributed by atoms with E-state index < -0.39 is 11.6 Å². The molecule has 7 nitrogen and oxygen atoms in total. The van der Waals surface area contributed by atoms with Crippen molar-refractivity contribution in [3.63, 3.8) is 0 Å². The maximum Gasteiger partial charge on any atom is 0.325 e. The first kappa shape index (κ1) is 21.8. The van der Waals surface area contributed by atoms with Gasteiger partial charge in [-0.15, -0.1) is 11.3 Å². The molecule has 1 aliphatic heterocycles. The summed E-state index contributed by atoms with van der Waals surface area (Å²) in [5, 5.41) is 7.04. The summed E-state index contributed by atoms with van der Waals surface area (Å²) in [6.45, 7) is 3.22. The number of nitrogens with zero attached hydrogens (tertiary/aromatic N) is 3. The third-order valence-corrected chi connectivity index (χ3v) is 6.86. The number of aromatic nitrogens is 1. The highest BCUT2D eigenvalue weighted by Gasteiger charge is 2.49. The number of urea groups is 1. The maximum absolute atomic E-state index is 13.5. The molecule has 0 bridgehead atoms. The number of anilines is 2. The van der Waals surface area contributed by atoms with Gasteiger partial charge in [0.25, 0.3) is 5.91 Å². The van der Waals surface area contributed by atoms with E-state index in [0.29, 0.717) is 16.5 Å². The van der Waals surface area contributed by atoms with E-state index >= 15 is 0 Å². The summed E-state index contributed by atoms with van der Waals surface area (Å²) in [5.74, 6) is -0.513. The summed E-state index contributed by atoms with van der Waals surface area (Å²) >= 11 is 1.29. The number of benzene rings is 3. The van der Waals surface area contributed by atoms with Gasteiger partial charge in [-0.2, -0.15) is 0 Å². The van der Waals surface area contributed by atoms with Crippen LogP contribution in [0.4, 0.5) is 15.6 Å². The molecule has 0 saturated carbocycles. The fourth-order valence-electron chi connectivity index (χ4n) is 4.32. The lowest BCUT2D eigenvalue weighted by molar-refractivity contribution is -0.131. The molecule has 4 aromatic rings. The van der Waals surface area contributed by atoms with Crippen LogP contribution in [0.1, 0.15) is 25.1 Å². The molecule has 1 fully saturated rings. The van der Waals surface area contributed by atoms with Crippen LogP contribution < -0.4 is 10.2 Å². The smallest absolute Gasteiger partial charge is 0.319 e. The van der Waals surface area contributed by atoms with Gasteiger partial charge in [0.15, 0.2) is 5.13 Å². The third-order valence-electron chi connectivity index (χ3n) is 5.98. The zero-order valence-corrected chi connectivity index (χ0v) is 19.5. The van der Waals surface area contributed by atoms with Gasteiger partial charge in [0.1, 0.15) is 5.54 Å². The highest BCUT2D eigenvalue weighted by Crippen LogP contribution is 2.35. The number of hydrogen-bond donors (Lipinski definition) is 1. The minimum absolute atomic E-state index is 0.0159. The van der Waals surface area contributed by atoms with E-state index in [4.69, 9.17) is 0 Å². The molecule has 34 heavy (non-hydrogen) atoms. The van der Waals surface area contributed by atoms with E-state index in [1.807, 2.05) is 72.8 Å². The Morgan fingerprint density at radius 2 is 1.74 bits per heavy atom. The summed E-state index contributed by atoms with van der Waals surface area (Å²) in [7, 11) is 0. The van der Waals surface area contributed by atoms with Gasteiger partial charge in [0.2, 0.25) is 5.91 Å². The number of rotatable bonds is 5. The average molecular weight is 471 g/mol. The first-order valence-corrected chi connectivity index (χ1v) is 11.7. The molecule has 2 heterocycles. The van der Waals surface area contributed by atoms with Crippen molar-refractivity contribution in [2.45, 2.75) is 25.9 Å². The lowest BCUT2D eigenvalue weighted by atomic mass is 9.88. The number of carbonyl (C=O) groups is 3. The van der Waals surface area contributed by atoms with Crippen LogP contribution in [-0.4, -0.2) is 27.7 Å². The largest absolute Gasteiger partial charge is 0.325 e. The SMILES string of the molecule is CC(=O)N(c1ccccc1)c1nc(CN2C(=O)NC(C)(c3cccc4ccccc34)C2=O)cs1. The van der Waals surface area contributed by atoms with Crippen LogP contribution >= 0.6 is 11.3 Å². The molecule has 0 radical (unpaired) electrons. The first-order chi connectivity index (χ1) is 16.4. The second-order valence-corrected chi connectivity index (χ2v) is 9.12. The molecule has 0 spiro atoms. The number of fused-ring (bicyclic) bond motifs is 1. The molecule has 1 N–H and O–H groups in total.